The van der Waals surface area contributed by atoms with E-state index in [4.69, 9.17) is 11.6 Å². The average Bonchev–Trinajstić information content (AvgIpc) is 2.30. The van der Waals surface area contributed by atoms with Crippen LogP contribution in [0.15, 0.2) is 29.2 Å². The van der Waals surface area contributed by atoms with Gasteiger partial charge in [0.1, 0.15) is 0 Å². The van der Waals surface area contributed by atoms with Gasteiger partial charge >= 0.3 is 0 Å². The lowest BCUT2D eigenvalue weighted by atomic mass is 10.2. The number of benzene rings is 1. The molecule has 0 aromatic heterocycles. The maximum atomic E-state index is 12.2. The SMILES string of the molecule is O=S(=O)(c1cccc(Cl)c1)N1CCCCC1. The van der Waals surface area contributed by atoms with Gasteiger partial charge in [0.2, 0.25) is 10.0 Å². The Bertz CT molecular complexity index is 467. The molecule has 1 saturated heterocycles. The highest BCUT2D eigenvalue weighted by atomic mass is 35.5. The summed E-state index contributed by atoms with van der Waals surface area (Å²) in [6.45, 7) is 1.24. The van der Waals surface area contributed by atoms with Gasteiger partial charge in [0.25, 0.3) is 0 Å². The fourth-order valence-electron chi connectivity index (χ4n) is 1.88. The molecule has 5 heteroatoms. The molecule has 0 aliphatic carbocycles. The number of hydrogen-bond acceptors (Lipinski definition) is 2. The predicted molar refractivity (Wildman–Crippen MR) is 64.1 cm³/mol. The van der Waals surface area contributed by atoms with E-state index in [1.165, 1.54) is 6.07 Å². The van der Waals surface area contributed by atoms with E-state index in [0.29, 0.717) is 23.0 Å². The highest BCUT2D eigenvalue weighted by Crippen LogP contribution is 2.22. The molecule has 0 radical (unpaired) electrons. The Kier molecular flexibility index (Phi) is 3.52. The van der Waals surface area contributed by atoms with Gasteiger partial charge in [0.15, 0.2) is 0 Å². The molecular formula is C11H14ClNO2S. The van der Waals surface area contributed by atoms with Crippen molar-refractivity contribution >= 4 is 21.6 Å². The highest BCUT2D eigenvalue weighted by molar-refractivity contribution is 7.89. The molecule has 1 aliphatic heterocycles. The monoisotopic (exact) mass is 259 g/mol. The van der Waals surface area contributed by atoms with Crippen molar-refractivity contribution in [1.29, 1.82) is 0 Å². The zero-order valence-electron chi connectivity index (χ0n) is 8.89. The Morgan fingerprint density at radius 3 is 2.44 bits per heavy atom. The van der Waals surface area contributed by atoms with Crippen molar-refractivity contribution in [3.63, 3.8) is 0 Å². The van der Waals surface area contributed by atoms with Gasteiger partial charge in [-0.15, -0.1) is 0 Å². The Balaban J connectivity index is 2.30. The largest absolute Gasteiger partial charge is 0.243 e. The molecule has 0 atom stereocenters. The second-order valence-corrected chi connectivity index (χ2v) is 6.30. The summed E-state index contributed by atoms with van der Waals surface area (Å²) in [6, 6.07) is 6.44. The number of sulfonamides is 1. The molecule has 0 amide bonds. The van der Waals surface area contributed by atoms with Crippen LogP contribution >= 0.6 is 11.6 Å². The summed E-state index contributed by atoms with van der Waals surface area (Å²) in [7, 11) is -3.34. The van der Waals surface area contributed by atoms with Gasteiger partial charge in [-0.2, -0.15) is 4.31 Å². The summed E-state index contributed by atoms with van der Waals surface area (Å²) >= 11 is 5.81. The van der Waals surface area contributed by atoms with Gasteiger partial charge < -0.3 is 0 Å². The second kappa shape index (κ2) is 4.73. The summed E-state index contributed by atoms with van der Waals surface area (Å²) in [4.78, 5) is 0.293. The first-order chi connectivity index (χ1) is 7.60. The van der Waals surface area contributed by atoms with Crippen LogP contribution in [-0.4, -0.2) is 25.8 Å². The minimum absolute atomic E-state index is 0.293. The van der Waals surface area contributed by atoms with Crippen LogP contribution in [0.25, 0.3) is 0 Å². The van der Waals surface area contributed by atoms with E-state index in [-0.39, 0.29) is 0 Å². The summed E-state index contributed by atoms with van der Waals surface area (Å²) < 4.78 is 26.0. The van der Waals surface area contributed by atoms with Crippen LogP contribution in [-0.2, 0) is 10.0 Å². The molecule has 1 fully saturated rings. The van der Waals surface area contributed by atoms with Crippen LogP contribution in [0.4, 0.5) is 0 Å². The molecule has 1 aromatic rings. The predicted octanol–water partition coefficient (Wildman–Crippen LogP) is 2.51. The van der Waals surface area contributed by atoms with Gasteiger partial charge in [0, 0.05) is 18.1 Å². The van der Waals surface area contributed by atoms with Crippen LogP contribution in [0.1, 0.15) is 19.3 Å². The van der Waals surface area contributed by atoms with Crippen LogP contribution in [0.5, 0.6) is 0 Å². The van der Waals surface area contributed by atoms with Crippen LogP contribution < -0.4 is 0 Å². The van der Waals surface area contributed by atoms with E-state index in [0.717, 1.165) is 19.3 Å². The maximum Gasteiger partial charge on any atom is 0.243 e. The normalized spacial score (nSPS) is 18.6. The lowest BCUT2D eigenvalue weighted by Crippen LogP contribution is -2.35. The molecule has 1 aromatic carbocycles. The fourth-order valence-corrected chi connectivity index (χ4v) is 3.70. The molecule has 3 nitrogen and oxygen atoms in total. The number of rotatable bonds is 2. The summed E-state index contributed by atoms with van der Waals surface area (Å²) in [6.07, 6.45) is 3.00. The van der Waals surface area contributed by atoms with Gasteiger partial charge in [0.05, 0.1) is 4.90 Å². The maximum absolute atomic E-state index is 12.2. The molecule has 88 valence electrons. The van der Waals surface area contributed by atoms with E-state index in [1.54, 1.807) is 22.5 Å². The van der Waals surface area contributed by atoms with Crippen molar-refractivity contribution in [1.82, 2.24) is 4.31 Å². The smallest absolute Gasteiger partial charge is 0.207 e. The summed E-state index contributed by atoms with van der Waals surface area (Å²) in [5.41, 5.74) is 0. The summed E-state index contributed by atoms with van der Waals surface area (Å²) in [5, 5.41) is 0.457. The van der Waals surface area contributed by atoms with E-state index < -0.39 is 10.0 Å². The Morgan fingerprint density at radius 2 is 1.81 bits per heavy atom. The van der Waals surface area contributed by atoms with Crippen molar-refractivity contribution in [3.05, 3.63) is 29.3 Å². The third-order valence-corrected chi connectivity index (χ3v) is 4.88. The number of halogens is 1. The molecule has 0 bridgehead atoms. The molecule has 0 saturated carbocycles. The molecular weight excluding hydrogens is 246 g/mol. The first kappa shape index (κ1) is 11.9. The minimum Gasteiger partial charge on any atom is -0.207 e. The Hall–Kier alpha value is -0.580. The Labute approximate surface area is 101 Å². The van der Waals surface area contributed by atoms with E-state index in [2.05, 4.69) is 0 Å². The molecule has 0 unspecified atom stereocenters. The van der Waals surface area contributed by atoms with E-state index in [9.17, 15) is 8.42 Å². The molecule has 16 heavy (non-hydrogen) atoms. The fraction of sp³-hybridized carbons (Fsp3) is 0.455. The van der Waals surface area contributed by atoms with E-state index >= 15 is 0 Å². The van der Waals surface area contributed by atoms with Crippen LogP contribution in [0.3, 0.4) is 0 Å². The third-order valence-electron chi connectivity index (χ3n) is 2.75. The standard InChI is InChI=1S/C11H14ClNO2S/c12-10-5-4-6-11(9-10)16(14,15)13-7-2-1-3-8-13/h4-6,9H,1-3,7-8H2. The van der Waals surface area contributed by atoms with Crippen molar-refractivity contribution in [3.8, 4) is 0 Å². The summed E-state index contributed by atoms with van der Waals surface area (Å²) in [5.74, 6) is 0. The van der Waals surface area contributed by atoms with Crippen molar-refractivity contribution in [2.45, 2.75) is 24.2 Å². The average molecular weight is 260 g/mol. The van der Waals surface area contributed by atoms with E-state index in [1.807, 2.05) is 0 Å². The zero-order chi connectivity index (χ0) is 11.6. The number of hydrogen-bond donors (Lipinski definition) is 0. The third kappa shape index (κ3) is 2.39. The van der Waals surface area contributed by atoms with Gasteiger partial charge in [-0.3, -0.25) is 0 Å². The molecule has 1 aliphatic rings. The van der Waals surface area contributed by atoms with Gasteiger partial charge in [-0.1, -0.05) is 24.1 Å². The first-order valence-electron chi connectivity index (χ1n) is 5.36. The number of nitrogens with zero attached hydrogens (tertiary/aromatic N) is 1. The van der Waals surface area contributed by atoms with Gasteiger partial charge in [-0.05, 0) is 31.0 Å². The molecule has 0 spiro atoms. The molecule has 2 rings (SSSR count). The Morgan fingerprint density at radius 1 is 1.12 bits per heavy atom. The molecule has 0 N–H and O–H groups in total. The lowest BCUT2D eigenvalue weighted by molar-refractivity contribution is 0.346. The first-order valence-corrected chi connectivity index (χ1v) is 7.18. The molecule has 1 heterocycles. The van der Waals surface area contributed by atoms with Crippen molar-refractivity contribution < 1.29 is 8.42 Å². The van der Waals surface area contributed by atoms with Crippen molar-refractivity contribution in [2.75, 3.05) is 13.1 Å². The zero-order valence-corrected chi connectivity index (χ0v) is 10.5. The topological polar surface area (TPSA) is 37.4 Å². The second-order valence-electron chi connectivity index (χ2n) is 3.92. The highest BCUT2D eigenvalue weighted by Gasteiger charge is 2.25. The number of piperidine rings is 1. The van der Waals surface area contributed by atoms with Crippen LogP contribution in [0, 0.1) is 0 Å². The lowest BCUT2D eigenvalue weighted by Gasteiger charge is -2.25. The quantitative estimate of drug-likeness (QED) is 0.818. The van der Waals surface area contributed by atoms with Gasteiger partial charge in [-0.25, -0.2) is 8.42 Å². The van der Waals surface area contributed by atoms with Crippen molar-refractivity contribution in [2.24, 2.45) is 0 Å². The van der Waals surface area contributed by atoms with Crippen LogP contribution in [0.2, 0.25) is 5.02 Å². The minimum atomic E-state index is -3.34.